The van der Waals surface area contributed by atoms with Crippen LogP contribution in [0.25, 0.3) is 0 Å². The predicted molar refractivity (Wildman–Crippen MR) is 59.9 cm³/mol. The largest absolute Gasteiger partial charge is 0.365 e. The molecule has 0 aliphatic heterocycles. The van der Waals surface area contributed by atoms with Crippen molar-refractivity contribution in [2.75, 3.05) is 0 Å². The smallest absolute Gasteiger partial charge is 0.261 e. The van der Waals surface area contributed by atoms with Crippen molar-refractivity contribution in [2.45, 2.75) is 20.3 Å². The maximum absolute atomic E-state index is 11.7. The van der Waals surface area contributed by atoms with Crippen molar-refractivity contribution < 1.29 is 14.4 Å². The summed E-state index contributed by atoms with van der Waals surface area (Å²) < 4.78 is 0. The Labute approximate surface area is 96.8 Å². The van der Waals surface area contributed by atoms with Gasteiger partial charge in [0.05, 0.1) is 6.42 Å². The normalized spacial score (nSPS) is 10.0. The van der Waals surface area contributed by atoms with Crippen molar-refractivity contribution in [3.05, 3.63) is 33.2 Å². The molecule has 0 aromatic carbocycles. The molecule has 1 heterocycles. The number of carbonyl (C=O) groups is 3. The highest BCUT2D eigenvalue weighted by Crippen LogP contribution is 2.08. The number of primary amides is 1. The summed E-state index contributed by atoms with van der Waals surface area (Å²) in [7, 11) is 0. The minimum Gasteiger partial charge on any atom is -0.365 e. The summed E-state index contributed by atoms with van der Waals surface area (Å²) in [6.45, 7) is 2.80. The Kier molecular flexibility index (Phi) is 3.57. The molecule has 17 heavy (non-hydrogen) atoms. The minimum atomic E-state index is -0.914. The lowest BCUT2D eigenvalue weighted by atomic mass is 10.0. The average molecular weight is 236 g/mol. The summed E-state index contributed by atoms with van der Waals surface area (Å²) in [5, 5.41) is 0. The molecule has 0 radical (unpaired) electrons. The SMILES string of the molecule is CC(=O)CC(=O)c1cc(C(N)=O)c(=O)[nH]c1C. The van der Waals surface area contributed by atoms with E-state index in [-0.39, 0.29) is 23.3 Å². The molecule has 1 aromatic heterocycles. The fourth-order valence-corrected chi connectivity index (χ4v) is 1.42. The van der Waals surface area contributed by atoms with E-state index < -0.39 is 17.2 Å². The lowest BCUT2D eigenvalue weighted by Crippen LogP contribution is -2.25. The van der Waals surface area contributed by atoms with Gasteiger partial charge >= 0.3 is 0 Å². The number of carbonyl (C=O) groups excluding carboxylic acids is 3. The van der Waals surface area contributed by atoms with Crippen LogP contribution in [-0.2, 0) is 4.79 Å². The number of amides is 1. The third-order valence-corrected chi connectivity index (χ3v) is 2.21. The van der Waals surface area contributed by atoms with Crippen molar-refractivity contribution in [3.63, 3.8) is 0 Å². The maximum Gasteiger partial charge on any atom is 0.261 e. The van der Waals surface area contributed by atoms with E-state index in [9.17, 15) is 19.2 Å². The molecule has 0 saturated carbocycles. The summed E-state index contributed by atoms with van der Waals surface area (Å²) in [4.78, 5) is 47.2. The highest BCUT2D eigenvalue weighted by molar-refractivity contribution is 6.08. The second-order valence-corrected chi connectivity index (χ2v) is 3.72. The average Bonchev–Trinajstić information content (AvgIpc) is 2.15. The molecule has 0 atom stereocenters. The molecule has 0 saturated heterocycles. The zero-order chi connectivity index (χ0) is 13.2. The van der Waals surface area contributed by atoms with Gasteiger partial charge < -0.3 is 10.7 Å². The van der Waals surface area contributed by atoms with Crippen molar-refractivity contribution >= 4 is 17.5 Å². The summed E-state index contributed by atoms with van der Waals surface area (Å²) in [5.74, 6) is -1.65. The number of nitrogens with one attached hydrogen (secondary N) is 1. The summed E-state index contributed by atoms with van der Waals surface area (Å²) in [5.41, 5.74) is 4.51. The lowest BCUT2D eigenvalue weighted by molar-refractivity contribution is -0.116. The molecule has 90 valence electrons. The van der Waals surface area contributed by atoms with Gasteiger partial charge in [-0.15, -0.1) is 0 Å². The minimum absolute atomic E-state index is 0.133. The standard InChI is InChI=1S/C11H12N2O4/c1-5(14)3-9(15)7-4-8(10(12)16)11(17)13-6(7)2/h4H,3H2,1-2H3,(H2,12,16)(H,13,17). The number of nitrogens with two attached hydrogens (primary N) is 1. The Morgan fingerprint density at radius 2 is 1.88 bits per heavy atom. The van der Waals surface area contributed by atoms with Crippen LogP contribution in [-0.4, -0.2) is 22.5 Å². The molecule has 1 amide bonds. The van der Waals surface area contributed by atoms with Crippen LogP contribution >= 0.6 is 0 Å². The predicted octanol–water partition coefficient (Wildman–Crippen LogP) is -0.0560. The molecule has 3 N–H and O–H groups in total. The first-order chi connectivity index (χ1) is 7.82. The number of rotatable bonds is 4. The monoisotopic (exact) mass is 236 g/mol. The summed E-state index contributed by atoms with van der Waals surface area (Å²) >= 11 is 0. The zero-order valence-electron chi connectivity index (χ0n) is 9.49. The van der Waals surface area contributed by atoms with E-state index in [1.807, 2.05) is 0 Å². The number of hydrogen-bond acceptors (Lipinski definition) is 4. The summed E-state index contributed by atoms with van der Waals surface area (Å²) in [6, 6.07) is 1.13. The van der Waals surface area contributed by atoms with E-state index in [0.29, 0.717) is 5.69 Å². The van der Waals surface area contributed by atoms with Crippen LogP contribution < -0.4 is 11.3 Å². The molecule has 0 unspecified atom stereocenters. The first-order valence-corrected chi connectivity index (χ1v) is 4.89. The van der Waals surface area contributed by atoms with E-state index in [2.05, 4.69) is 4.98 Å². The molecule has 6 nitrogen and oxygen atoms in total. The molecule has 0 fully saturated rings. The Morgan fingerprint density at radius 1 is 1.29 bits per heavy atom. The number of Topliss-reactive ketones (excluding diaryl/α,β-unsaturated/α-hetero) is 2. The van der Waals surface area contributed by atoms with Gasteiger partial charge in [0.2, 0.25) is 0 Å². The van der Waals surface area contributed by atoms with Gasteiger partial charge in [-0.1, -0.05) is 0 Å². The Balaban J connectivity index is 3.30. The van der Waals surface area contributed by atoms with Crippen LogP contribution in [0.1, 0.15) is 39.8 Å². The number of pyridine rings is 1. The van der Waals surface area contributed by atoms with Crippen molar-refractivity contribution in [2.24, 2.45) is 5.73 Å². The molecule has 1 rings (SSSR count). The second-order valence-electron chi connectivity index (χ2n) is 3.72. The van der Waals surface area contributed by atoms with Crippen LogP contribution in [0.15, 0.2) is 10.9 Å². The summed E-state index contributed by atoms with van der Waals surface area (Å²) in [6.07, 6.45) is -0.273. The molecule has 0 aliphatic carbocycles. The highest BCUT2D eigenvalue weighted by Gasteiger charge is 2.16. The topological polar surface area (TPSA) is 110 Å². The Hall–Kier alpha value is -2.24. The maximum atomic E-state index is 11.7. The van der Waals surface area contributed by atoms with Crippen molar-refractivity contribution in [3.8, 4) is 0 Å². The van der Waals surface area contributed by atoms with Gasteiger partial charge in [-0.05, 0) is 19.9 Å². The Morgan fingerprint density at radius 3 is 2.35 bits per heavy atom. The van der Waals surface area contributed by atoms with E-state index in [1.165, 1.54) is 13.8 Å². The van der Waals surface area contributed by atoms with Crippen LogP contribution in [0, 0.1) is 6.92 Å². The van der Waals surface area contributed by atoms with Crippen LogP contribution in [0.3, 0.4) is 0 Å². The molecular formula is C11H12N2O4. The van der Waals surface area contributed by atoms with Crippen LogP contribution in [0.4, 0.5) is 0 Å². The van der Waals surface area contributed by atoms with E-state index >= 15 is 0 Å². The number of ketones is 2. The fraction of sp³-hybridized carbons (Fsp3) is 0.273. The number of H-pyrrole nitrogens is 1. The van der Waals surface area contributed by atoms with Crippen LogP contribution in [0.5, 0.6) is 0 Å². The van der Waals surface area contributed by atoms with E-state index in [4.69, 9.17) is 5.73 Å². The Bertz CT molecular complexity index is 557. The first-order valence-electron chi connectivity index (χ1n) is 4.89. The number of aryl methyl sites for hydroxylation is 1. The number of aromatic amines is 1. The second kappa shape index (κ2) is 4.73. The van der Waals surface area contributed by atoms with E-state index in [1.54, 1.807) is 0 Å². The fourth-order valence-electron chi connectivity index (χ4n) is 1.42. The number of hydrogen-bond donors (Lipinski definition) is 2. The van der Waals surface area contributed by atoms with Gasteiger partial charge in [0.25, 0.3) is 11.5 Å². The molecule has 1 aromatic rings. The van der Waals surface area contributed by atoms with Gasteiger partial charge in [0, 0.05) is 11.3 Å². The molecule has 0 spiro atoms. The van der Waals surface area contributed by atoms with E-state index in [0.717, 1.165) is 6.07 Å². The van der Waals surface area contributed by atoms with Crippen LogP contribution in [0.2, 0.25) is 0 Å². The van der Waals surface area contributed by atoms with Crippen molar-refractivity contribution in [1.82, 2.24) is 4.98 Å². The number of aromatic nitrogens is 1. The first kappa shape index (κ1) is 12.8. The lowest BCUT2D eigenvalue weighted by Gasteiger charge is -2.05. The highest BCUT2D eigenvalue weighted by atomic mass is 16.2. The van der Waals surface area contributed by atoms with Gasteiger partial charge in [0.1, 0.15) is 11.3 Å². The van der Waals surface area contributed by atoms with Crippen molar-refractivity contribution in [1.29, 1.82) is 0 Å². The third-order valence-electron chi connectivity index (χ3n) is 2.21. The van der Waals surface area contributed by atoms with Gasteiger partial charge in [-0.3, -0.25) is 19.2 Å². The van der Waals surface area contributed by atoms with Gasteiger partial charge in [-0.2, -0.15) is 0 Å². The zero-order valence-corrected chi connectivity index (χ0v) is 9.49. The molecule has 0 bridgehead atoms. The van der Waals surface area contributed by atoms with Gasteiger partial charge in [-0.25, -0.2) is 0 Å². The molecular weight excluding hydrogens is 224 g/mol. The third kappa shape index (κ3) is 2.87. The quantitative estimate of drug-likeness (QED) is 0.563. The molecule has 0 aliphatic rings. The molecule has 6 heteroatoms. The van der Waals surface area contributed by atoms with Gasteiger partial charge in [0.15, 0.2) is 5.78 Å².